The molecule has 0 spiro atoms. The topological polar surface area (TPSA) is 95.5 Å². The van der Waals surface area contributed by atoms with Crippen molar-refractivity contribution in [2.75, 3.05) is 31.2 Å². The van der Waals surface area contributed by atoms with Gasteiger partial charge in [0.1, 0.15) is 0 Å². The Balaban J connectivity index is 1.79. The monoisotopic (exact) mass is 318 g/mol. The minimum atomic E-state index is -3.01. The van der Waals surface area contributed by atoms with Gasteiger partial charge in [-0.2, -0.15) is 0 Å². The molecule has 0 radical (unpaired) electrons. The van der Waals surface area contributed by atoms with E-state index >= 15 is 0 Å². The number of hydrogen-bond donors (Lipinski definition) is 3. The number of sulfone groups is 1. The molecule has 1 unspecified atom stereocenters. The number of nitrogens with one attached hydrogen (secondary N) is 2. The zero-order valence-electron chi connectivity index (χ0n) is 12.4. The highest BCUT2D eigenvalue weighted by atomic mass is 32.2. The van der Waals surface area contributed by atoms with Crippen LogP contribution in [0.25, 0.3) is 0 Å². The van der Waals surface area contributed by atoms with Crippen molar-refractivity contribution in [3.8, 4) is 0 Å². The van der Waals surface area contributed by atoms with Crippen molar-refractivity contribution in [3.05, 3.63) is 0 Å². The van der Waals surface area contributed by atoms with Crippen molar-refractivity contribution < 1.29 is 18.3 Å². The summed E-state index contributed by atoms with van der Waals surface area (Å²) in [4.78, 5) is 12.0. The largest absolute Gasteiger partial charge is 0.396 e. The van der Waals surface area contributed by atoms with Gasteiger partial charge in [-0.1, -0.05) is 19.3 Å². The molecule has 1 saturated carbocycles. The smallest absolute Gasteiger partial charge is 0.221 e. The number of carbonyl (C=O) groups is 1. The van der Waals surface area contributed by atoms with E-state index in [0.29, 0.717) is 13.1 Å². The van der Waals surface area contributed by atoms with E-state index in [4.69, 9.17) is 0 Å². The van der Waals surface area contributed by atoms with Gasteiger partial charge in [0.25, 0.3) is 0 Å². The van der Waals surface area contributed by atoms with Gasteiger partial charge in [0, 0.05) is 31.0 Å². The lowest BCUT2D eigenvalue weighted by atomic mass is 9.74. The number of aliphatic hydroxyl groups excluding tert-OH is 1. The number of hydrogen-bond acceptors (Lipinski definition) is 5. The molecule has 0 aromatic heterocycles. The summed E-state index contributed by atoms with van der Waals surface area (Å²) in [7, 11) is -3.01. The molecule has 2 fully saturated rings. The first-order valence-electron chi connectivity index (χ1n) is 7.76. The molecular formula is C14H26N2O4S. The second-order valence-corrected chi connectivity index (χ2v) is 8.69. The second-order valence-electron chi connectivity index (χ2n) is 6.47. The Kier molecular flexibility index (Phi) is 5.62. The van der Waals surface area contributed by atoms with Gasteiger partial charge in [0.05, 0.1) is 18.1 Å². The Bertz CT molecular complexity index is 458. The first-order valence-corrected chi connectivity index (χ1v) is 9.58. The summed E-state index contributed by atoms with van der Waals surface area (Å²) in [6.45, 7) is 1.01. The van der Waals surface area contributed by atoms with Crippen LogP contribution in [0.15, 0.2) is 0 Å². The minimum absolute atomic E-state index is 0.0333. The number of amides is 1. The van der Waals surface area contributed by atoms with Crippen LogP contribution in [0.2, 0.25) is 0 Å². The van der Waals surface area contributed by atoms with Crippen LogP contribution >= 0.6 is 0 Å². The molecular weight excluding hydrogens is 292 g/mol. The highest BCUT2D eigenvalue weighted by Gasteiger charge is 2.32. The summed E-state index contributed by atoms with van der Waals surface area (Å²) in [5.74, 6) is 0.0487. The SMILES string of the molecule is O=C(CC1CS(=O)(=O)CCN1)NCC1(CO)CCCCC1. The van der Waals surface area contributed by atoms with Gasteiger partial charge in [-0.15, -0.1) is 0 Å². The molecule has 2 aliphatic rings. The van der Waals surface area contributed by atoms with Crippen LogP contribution in [0.4, 0.5) is 0 Å². The summed E-state index contributed by atoms with van der Waals surface area (Å²) in [5.41, 5.74) is -0.181. The fourth-order valence-corrected chi connectivity index (χ4v) is 4.72. The number of aliphatic hydroxyl groups is 1. The first-order chi connectivity index (χ1) is 9.95. The summed E-state index contributed by atoms with van der Waals surface area (Å²) >= 11 is 0. The molecule has 1 aliphatic carbocycles. The predicted octanol–water partition coefficient (Wildman–Crippen LogP) is -0.178. The average molecular weight is 318 g/mol. The molecule has 0 aromatic carbocycles. The highest BCUT2D eigenvalue weighted by molar-refractivity contribution is 7.91. The van der Waals surface area contributed by atoms with Crippen LogP contribution in [0.1, 0.15) is 38.5 Å². The Morgan fingerprint density at radius 2 is 2.00 bits per heavy atom. The second kappa shape index (κ2) is 7.07. The van der Waals surface area contributed by atoms with Crippen LogP contribution < -0.4 is 10.6 Å². The first kappa shape index (κ1) is 16.7. The third-order valence-corrected chi connectivity index (χ3v) is 6.38. The summed E-state index contributed by atoms with van der Waals surface area (Å²) in [6.07, 6.45) is 5.46. The van der Waals surface area contributed by atoms with Crippen LogP contribution in [-0.2, 0) is 14.6 Å². The maximum Gasteiger partial charge on any atom is 0.221 e. The fraction of sp³-hybridized carbons (Fsp3) is 0.929. The van der Waals surface area contributed by atoms with Crippen molar-refractivity contribution in [2.24, 2.45) is 5.41 Å². The zero-order chi connectivity index (χ0) is 15.3. The standard InChI is InChI=1S/C14H26N2O4S/c17-11-14(4-2-1-3-5-14)10-16-13(18)8-12-9-21(19,20)7-6-15-12/h12,15,17H,1-11H2,(H,16,18). The molecule has 1 heterocycles. The van der Waals surface area contributed by atoms with Gasteiger partial charge < -0.3 is 15.7 Å². The Morgan fingerprint density at radius 1 is 1.29 bits per heavy atom. The van der Waals surface area contributed by atoms with Crippen molar-refractivity contribution >= 4 is 15.7 Å². The third-order valence-electron chi connectivity index (χ3n) is 4.64. The highest BCUT2D eigenvalue weighted by Crippen LogP contribution is 2.35. The number of rotatable bonds is 5. The third kappa shape index (κ3) is 4.93. The van der Waals surface area contributed by atoms with E-state index in [0.717, 1.165) is 25.7 Å². The molecule has 3 N–H and O–H groups in total. The van der Waals surface area contributed by atoms with Gasteiger partial charge in [0.2, 0.25) is 5.91 Å². The van der Waals surface area contributed by atoms with Crippen LogP contribution in [-0.4, -0.2) is 56.7 Å². The molecule has 0 bridgehead atoms. The van der Waals surface area contributed by atoms with E-state index in [2.05, 4.69) is 10.6 Å². The minimum Gasteiger partial charge on any atom is -0.396 e. The molecule has 122 valence electrons. The average Bonchev–Trinajstić information content (AvgIpc) is 2.45. The van der Waals surface area contributed by atoms with E-state index in [9.17, 15) is 18.3 Å². The fourth-order valence-electron chi connectivity index (χ4n) is 3.27. The van der Waals surface area contributed by atoms with Gasteiger partial charge in [-0.25, -0.2) is 8.42 Å². The number of carbonyl (C=O) groups excluding carboxylic acids is 1. The molecule has 2 rings (SSSR count). The lowest BCUT2D eigenvalue weighted by Crippen LogP contribution is -2.48. The predicted molar refractivity (Wildman–Crippen MR) is 80.7 cm³/mol. The summed E-state index contributed by atoms with van der Waals surface area (Å²) in [6, 6.07) is -0.291. The van der Waals surface area contributed by atoms with E-state index in [-0.39, 0.29) is 41.9 Å². The lowest BCUT2D eigenvalue weighted by Gasteiger charge is -2.35. The summed E-state index contributed by atoms with van der Waals surface area (Å²) < 4.78 is 23.1. The Hall–Kier alpha value is -0.660. The molecule has 21 heavy (non-hydrogen) atoms. The molecule has 1 aliphatic heterocycles. The van der Waals surface area contributed by atoms with Crippen LogP contribution in [0.3, 0.4) is 0 Å². The van der Waals surface area contributed by atoms with Crippen molar-refractivity contribution in [3.63, 3.8) is 0 Å². The molecule has 1 atom stereocenters. The van der Waals surface area contributed by atoms with Crippen molar-refractivity contribution in [2.45, 2.75) is 44.6 Å². The van der Waals surface area contributed by atoms with E-state index < -0.39 is 9.84 Å². The molecule has 7 heteroatoms. The molecule has 1 saturated heterocycles. The van der Waals surface area contributed by atoms with E-state index in [1.165, 1.54) is 6.42 Å². The maximum absolute atomic E-state index is 12.0. The van der Waals surface area contributed by atoms with Gasteiger partial charge in [-0.3, -0.25) is 4.79 Å². The normalized spacial score (nSPS) is 28.0. The van der Waals surface area contributed by atoms with Crippen LogP contribution in [0.5, 0.6) is 0 Å². The Labute approximate surface area is 126 Å². The quantitative estimate of drug-likeness (QED) is 0.654. The van der Waals surface area contributed by atoms with Crippen molar-refractivity contribution in [1.82, 2.24) is 10.6 Å². The summed E-state index contributed by atoms with van der Waals surface area (Å²) in [5, 5.41) is 15.6. The molecule has 0 aromatic rings. The molecule has 1 amide bonds. The molecule has 6 nitrogen and oxygen atoms in total. The van der Waals surface area contributed by atoms with E-state index in [1.807, 2.05) is 0 Å². The van der Waals surface area contributed by atoms with Gasteiger partial charge in [0.15, 0.2) is 9.84 Å². The zero-order valence-corrected chi connectivity index (χ0v) is 13.3. The van der Waals surface area contributed by atoms with Gasteiger partial charge in [-0.05, 0) is 12.8 Å². The van der Waals surface area contributed by atoms with Crippen LogP contribution in [0, 0.1) is 5.41 Å². The van der Waals surface area contributed by atoms with Gasteiger partial charge >= 0.3 is 0 Å². The maximum atomic E-state index is 12.0. The lowest BCUT2D eigenvalue weighted by molar-refractivity contribution is -0.122. The Morgan fingerprint density at radius 3 is 2.62 bits per heavy atom. The van der Waals surface area contributed by atoms with E-state index in [1.54, 1.807) is 0 Å². The van der Waals surface area contributed by atoms with Crippen molar-refractivity contribution in [1.29, 1.82) is 0 Å².